The predicted octanol–water partition coefficient (Wildman–Crippen LogP) is 8.33. The first-order valence-corrected chi connectivity index (χ1v) is 21.1. The quantitative estimate of drug-likeness (QED) is 0.0596. The first-order chi connectivity index (χ1) is 27.7. The Hall–Kier alpha value is -5.70. The minimum absolute atomic E-state index is 0.0387. The number of hydrogen-bond donors (Lipinski definition) is 4. The van der Waals surface area contributed by atoms with Crippen molar-refractivity contribution in [2.45, 2.75) is 51.9 Å². The standard InChI is InChI=1S/C44H51N5O8S/c1-44(2,3)30-26-37(42(55-4)38(27-30)48-58(5,53)54)47-43(52)46-36-15-16-41(34-11-7-6-10-33(34)36)57-32-17-18-45-31(28-32)24-29-13-14-35(40(51)25-29)39(50)12-8-9-19-49-20-22-56-23-21-49/h6-7,10-11,13-18,25-28,48,51H,8-9,12,19-24H2,1-5H3,(H2,46,47,52). The van der Waals surface area contributed by atoms with E-state index in [1.807, 2.05) is 57.2 Å². The van der Waals surface area contributed by atoms with Gasteiger partial charge in [0.1, 0.15) is 17.2 Å². The highest BCUT2D eigenvalue weighted by Crippen LogP contribution is 2.40. The number of phenols is 1. The van der Waals surface area contributed by atoms with E-state index < -0.39 is 16.1 Å². The van der Waals surface area contributed by atoms with E-state index in [0.29, 0.717) is 47.0 Å². The fourth-order valence-corrected chi connectivity index (χ4v) is 7.40. The number of carbonyl (C=O) groups excluding carboxylic acids is 2. The number of morpholine rings is 1. The molecule has 58 heavy (non-hydrogen) atoms. The van der Waals surface area contributed by atoms with Gasteiger partial charge in [-0.3, -0.25) is 19.4 Å². The van der Waals surface area contributed by atoms with Gasteiger partial charge in [-0.05, 0) is 78.4 Å². The summed E-state index contributed by atoms with van der Waals surface area (Å²) in [5.41, 5.74) is 3.28. The number of nitrogens with zero attached hydrogens (tertiary/aromatic N) is 2. The van der Waals surface area contributed by atoms with Gasteiger partial charge >= 0.3 is 6.03 Å². The highest BCUT2D eigenvalue weighted by Gasteiger charge is 2.23. The Balaban J connectivity index is 1.12. The third-order valence-corrected chi connectivity index (χ3v) is 10.4. The zero-order valence-corrected chi connectivity index (χ0v) is 34.4. The van der Waals surface area contributed by atoms with Crippen LogP contribution in [0.25, 0.3) is 10.8 Å². The summed E-state index contributed by atoms with van der Waals surface area (Å²) in [6.07, 6.45) is 5.18. The molecule has 6 rings (SSSR count). The topological polar surface area (TPSA) is 168 Å². The van der Waals surface area contributed by atoms with Gasteiger partial charge in [0, 0.05) is 54.7 Å². The van der Waals surface area contributed by atoms with Crippen molar-refractivity contribution in [1.29, 1.82) is 0 Å². The Labute approximate surface area is 339 Å². The van der Waals surface area contributed by atoms with Crippen LogP contribution in [0.2, 0.25) is 0 Å². The molecule has 306 valence electrons. The lowest BCUT2D eigenvalue weighted by Crippen LogP contribution is -2.36. The molecule has 2 amide bonds. The molecule has 4 aromatic carbocycles. The Morgan fingerprint density at radius 3 is 2.33 bits per heavy atom. The normalized spacial score (nSPS) is 13.5. The lowest BCUT2D eigenvalue weighted by Gasteiger charge is -2.26. The monoisotopic (exact) mass is 809 g/mol. The zero-order chi connectivity index (χ0) is 41.5. The number of sulfonamides is 1. The molecule has 0 saturated carbocycles. The van der Waals surface area contributed by atoms with E-state index in [4.69, 9.17) is 14.2 Å². The number of carbonyl (C=O) groups is 2. The van der Waals surface area contributed by atoms with Gasteiger partial charge in [0.05, 0.1) is 49.2 Å². The number of aromatic nitrogens is 1. The van der Waals surface area contributed by atoms with Gasteiger partial charge in [0.25, 0.3) is 0 Å². The van der Waals surface area contributed by atoms with Gasteiger partial charge in [-0.1, -0.05) is 51.1 Å². The number of unbranched alkanes of at least 4 members (excludes halogenated alkanes) is 1. The van der Waals surface area contributed by atoms with Gasteiger partial charge < -0.3 is 30.0 Å². The van der Waals surface area contributed by atoms with Crippen LogP contribution >= 0.6 is 0 Å². The van der Waals surface area contributed by atoms with Crippen molar-refractivity contribution in [3.63, 3.8) is 0 Å². The summed E-state index contributed by atoms with van der Waals surface area (Å²) in [5, 5.41) is 18.0. The minimum atomic E-state index is -3.64. The van der Waals surface area contributed by atoms with Crippen LogP contribution in [-0.4, -0.2) is 81.4 Å². The summed E-state index contributed by atoms with van der Waals surface area (Å²) < 4.78 is 44.2. The molecule has 5 aromatic rings. The highest BCUT2D eigenvalue weighted by molar-refractivity contribution is 7.92. The summed E-state index contributed by atoms with van der Waals surface area (Å²) in [6, 6.07) is 22.6. The van der Waals surface area contributed by atoms with Crippen molar-refractivity contribution >= 4 is 49.7 Å². The molecule has 1 aromatic heterocycles. The van der Waals surface area contributed by atoms with Crippen molar-refractivity contribution in [3.05, 3.63) is 107 Å². The first kappa shape index (κ1) is 41.9. The number of Topliss-reactive ketones (excluding diaryl/α,β-unsaturated/α-hetero) is 1. The van der Waals surface area contributed by atoms with Crippen LogP contribution in [0.5, 0.6) is 23.0 Å². The van der Waals surface area contributed by atoms with Gasteiger partial charge in [-0.25, -0.2) is 13.2 Å². The maximum atomic E-state index is 13.5. The number of anilines is 3. The molecule has 2 heterocycles. The van der Waals surface area contributed by atoms with E-state index >= 15 is 0 Å². The molecular weight excluding hydrogens is 759 g/mol. The average molecular weight is 810 g/mol. The number of ether oxygens (including phenoxy) is 3. The smallest absolute Gasteiger partial charge is 0.323 e. The molecule has 1 aliphatic heterocycles. The van der Waals surface area contributed by atoms with Crippen LogP contribution in [0.3, 0.4) is 0 Å². The van der Waals surface area contributed by atoms with Crippen LogP contribution in [0.1, 0.15) is 67.2 Å². The molecule has 13 nitrogen and oxygen atoms in total. The number of fused-ring (bicyclic) bond motifs is 1. The summed E-state index contributed by atoms with van der Waals surface area (Å²) in [5.74, 6) is 1.16. The van der Waals surface area contributed by atoms with Gasteiger partial charge in [-0.2, -0.15) is 0 Å². The van der Waals surface area contributed by atoms with Crippen LogP contribution in [0.4, 0.5) is 21.9 Å². The molecule has 0 spiro atoms. The van der Waals surface area contributed by atoms with E-state index in [1.165, 1.54) is 7.11 Å². The highest BCUT2D eigenvalue weighted by atomic mass is 32.2. The number of benzene rings is 4. The van der Waals surface area contributed by atoms with E-state index in [-0.39, 0.29) is 28.4 Å². The molecule has 0 atom stereocenters. The second-order valence-corrected chi connectivity index (χ2v) is 17.2. The van der Waals surface area contributed by atoms with Crippen LogP contribution < -0.4 is 24.8 Å². The van der Waals surface area contributed by atoms with Crippen LogP contribution in [0, 0.1) is 0 Å². The molecule has 1 aliphatic rings. The van der Waals surface area contributed by atoms with E-state index in [0.717, 1.165) is 73.8 Å². The molecule has 0 unspecified atom stereocenters. The number of hydrogen-bond acceptors (Lipinski definition) is 10. The van der Waals surface area contributed by atoms with Crippen LogP contribution in [-0.2, 0) is 26.6 Å². The van der Waals surface area contributed by atoms with E-state index in [9.17, 15) is 23.1 Å². The number of rotatable bonds is 15. The molecule has 14 heteroatoms. The van der Waals surface area contributed by atoms with E-state index in [2.05, 4.69) is 25.2 Å². The Morgan fingerprint density at radius 2 is 1.62 bits per heavy atom. The number of phenolic OH excluding ortho intramolecular Hbond substituents is 1. The van der Waals surface area contributed by atoms with Crippen molar-refractivity contribution in [3.8, 4) is 23.0 Å². The predicted molar refractivity (Wildman–Crippen MR) is 227 cm³/mol. The number of ketones is 1. The summed E-state index contributed by atoms with van der Waals surface area (Å²) in [7, 11) is -2.24. The number of amides is 2. The second kappa shape index (κ2) is 18.3. The summed E-state index contributed by atoms with van der Waals surface area (Å²) >= 11 is 0. The van der Waals surface area contributed by atoms with Gasteiger partial charge in [0.15, 0.2) is 11.5 Å². The molecule has 0 radical (unpaired) electrons. The molecule has 0 aliphatic carbocycles. The second-order valence-electron chi connectivity index (χ2n) is 15.4. The maximum absolute atomic E-state index is 13.5. The largest absolute Gasteiger partial charge is 0.507 e. The average Bonchev–Trinajstić information content (AvgIpc) is 3.17. The van der Waals surface area contributed by atoms with Crippen molar-refractivity contribution in [2.24, 2.45) is 0 Å². The molecule has 0 bridgehead atoms. The zero-order valence-electron chi connectivity index (χ0n) is 33.6. The third kappa shape index (κ3) is 11.0. The lowest BCUT2D eigenvalue weighted by molar-refractivity contribution is 0.0371. The molecule has 1 saturated heterocycles. The SMILES string of the molecule is COc1c(NC(=O)Nc2ccc(Oc3ccnc(Cc4ccc(C(=O)CCCCN5CCOCC5)c(O)c4)c3)c3ccccc23)cc(C(C)(C)C)cc1NS(C)(=O)=O. The van der Waals surface area contributed by atoms with Gasteiger partial charge in [0.2, 0.25) is 10.0 Å². The molecule has 4 N–H and O–H groups in total. The summed E-state index contributed by atoms with van der Waals surface area (Å²) in [4.78, 5) is 33.3. The Bertz CT molecular complexity index is 2390. The number of methoxy groups -OCH3 is 1. The third-order valence-electron chi connectivity index (χ3n) is 9.83. The fourth-order valence-electron chi connectivity index (χ4n) is 6.85. The molecule has 1 fully saturated rings. The number of urea groups is 1. The number of pyridine rings is 1. The minimum Gasteiger partial charge on any atom is -0.507 e. The number of aromatic hydroxyl groups is 1. The summed E-state index contributed by atoms with van der Waals surface area (Å²) in [6.45, 7) is 10.2. The molecular formula is C44H51N5O8S. The lowest BCUT2D eigenvalue weighted by atomic mass is 9.86. The van der Waals surface area contributed by atoms with E-state index in [1.54, 1.807) is 48.7 Å². The van der Waals surface area contributed by atoms with Gasteiger partial charge in [-0.15, -0.1) is 0 Å². The Morgan fingerprint density at radius 1 is 0.897 bits per heavy atom. The van der Waals surface area contributed by atoms with Crippen molar-refractivity contribution in [2.75, 3.05) is 61.6 Å². The maximum Gasteiger partial charge on any atom is 0.323 e. The van der Waals surface area contributed by atoms with Crippen molar-refractivity contribution in [1.82, 2.24) is 9.88 Å². The van der Waals surface area contributed by atoms with Crippen LogP contribution in [0.15, 0.2) is 85.1 Å². The van der Waals surface area contributed by atoms with Crippen molar-refractivity contribution < 1.29 is 37.3 Å². The number of nitrogens with one attached hydrogen (secondary N) is 3. The fraction of sp³-hybridized carbons (Fsp3) is 0.341. The first-order valence-electron chi connectivity index (χ1n) is 19.2. The Kier molecular flexibility index (Phi) is 13.2.